The molecule has 0 aliphatic carbocycles. The van der Waals surface area contributed by atoms with E-state index in [2.05, 4.69) is 4.98 Å². The third-order valence-corrected chi connectivity index (χ3v) is 2.85. The first-order valence-corrected chi connectivity index (χ1v) is 5.72. The van der Waals surface area contributed by atoms with Crippen molar-refractivity contribution in [2.75, 3.05) is 5.73 Å². The molecule has 0 spiro atoms. The van der Waals surface area contributed by atoms with E-state index in [1.807, 2.05) is 25.1 Å². The summed E-state index contributed by atoms with van der Waals surface area (Å²) in [7, 11) is 0. The quantitative estimate of drug-likeness (QED) is 0.768. The van der Waals surface area contributed by atoms with Gasteiger partial charge in [-0.25, -0.2) is 4.98 Å². The van der Waals surface area contributed by atoms with Crippen LogP contribution in [0.15, 0.2) is 42.6 Å². The van der Waals surface area contributed by atoms with Crippen molar-refractivity contribution in [2.45, 2.75) is 19.1 Å². The number of benzene rings is 1. The Bertz CT molecular complexity index is 529. The van der Waals surface area contributed by atoms with Crippen molar-refractivity contribution in [1.29, 1.82) is 0 Å². The van der Waals surface area contributed by atoms with E-state index in [1.54, 1.807) is 24.4 Å². The number of aryl methyl sites for hydroxylation is 1. The van der Waals surface area contributed by atoms with Gasteiger partial charge >= 0.3 is 0 Å². The second-order valence-electron chi connectivity index (χ2n) is 4.29. The molecule has 0 amide bonds. The standard InChI is InChI=1S/C14H16N2O2/c1-9-7-11(14(15)16-8-9)13(18)12(17)10-5-3-2-4-6-10/h2-8,12-13,17-18H,1H3,(H2,15,16). The Labute approximate surface area is 106 Å². The molecule has 2 aromatic rings. The number of rotatable bonds is 3. The van der Waals surface area contributed by atoms with Crippen molar-refractivity contribution in [3.63, 3.8) is 0 Å². The minimum absolute atomic E-state index is 0.239. The Kier molecular flexibility index (Phi) is 3.60. The Hall–Kier alpha value is -1.91. The fourth-order valence-electron chi connectivity index (χ4n) is 1.84. The van der Waals surface area contributed by atoms with Crippen molar-refractivity contribution in [2.24, 2.45) is 0 Å². The average molecular weight is 244 g/mol. The molecule has 0 saturated heterocycles. The lowest BCUT2D eigenvalue weighted by Crippen LogP contribution is -2.13. The molecular weight excluding hydrogens is 228 g/mol. The summed E-state index contributed by atoms with van der Waals surface area (Å²) < 4.78 is 0. The van der Waals surface area contributed by atoms with Gasteiger partial charge in [-0.15, -0.1) is 0 Å². The zero-order valence-electron chi connectivity index (χ0n) is 10.1. The fraction of sp³-hybridized carbons (Fsp3) is 0.214. The van der Waals surface area contributed by atoms with E-state index in [-0.39, 0.29) is 5.82 Å². The van der Waals surface area contributed by atoms with E-state index in [0.29, 0.717) is 11.1 Å². The summed E-state index contributed by atoms with van der Waals surface area (Å²) in [5.74, 6) is 0.239. The summed E-state index contributed by atoms with van der Waals surface area (Å²) in [4.78, 5) is 3.98. The third-order valence-electron chi connectivity index (χ3n) is 2.85. The van der Waals surface area contributed by atoms with Crippen LogP contribution < -0.4 is 5.73 Å². The summed E-state index contributed by atoms with van der Waals surface area (Å²) in [6.07, 6.45) is -0.475. The van der Waals surface area contributed by atoms with E-state index in [9.17, 15) is 10.2 Å². The molecule has 94 valence electrons. The van der Waals surface area contributed by atoms with Gasteiger partial charge < -0.3 is 15.9 Å². The normalized spacial score (nSPS) is 14.2. The average Bonchev–Trinajstić information content (AvgIpc) is 2.41. The lowest BCUT2D eigenvalue weighted by molar-refractivity contribution is 0.0175. The first-order chi connectivity index (χ1) is 8.59. The van der Waals surface area contributed by atoms with E-state index < -0.39 is 12.2 Å². The van der Waals surface area contributed by atoms with Gasteiger partial charge in [-0.05, 0) is 24.1 Å². The topological polar surface area (TPSA) is 79.4 Å². The number of pyridine rings is 1. The van der Waals surface area contributed by atoms with Gasteiger partial charge in [0, 0.05) is 11.8 Å². The molecular formula is C14H16N2O2. The summed E-state index contributed by atoms with van der Waals surface area (Å²) in [6.45, 7) is 1.86. The van der Waals surface area contributed by atoms with Crippen LogP contribution in [0, 0.1) is 6.92 Å². The number of aliphatic hydroxyl groups is 2. The number of nitrogen functional groups attached to an aromatic ring is 1. The second-order valence-corrected chi connectivity index (χ2v) is 4.29. The van der Waals surface area contributed by atoms with Crippen LogP contribution in [-0.4, -0.2) is 15.2 Å². The Balaban J connectivity index is 2.31. The molecule has 0 radical (unpaired) electrons. The van der Waals surface area contributed by atoms with Crippen molar-refractivity contribution < 1.29 is 10.2 Å². The predicted molar refractivity (Wildman–Crippen MR) is 69.7 cm³/mol. The maximum Gasteiger partial charge on any atom is 0.129 e. The van der Waals surface area contributed by atoms with Crippen LogP contribution in [0.1, 0.15) is 28.9 Å². The van der Waals surface area contributed by atoms with Gasteiger partial charge in [-0.2, -0.15) is 0 Å². The highest BCUT2D eigenvalue weighted by Crippen LogP contribution is 2.31. The number of hydrogen-bond acceptors (Lipinski definition) is 4. The summed E-state index contributed by atoms with van der Waals surface area (Å²) >= 11 is 0. The lowest BCUT2D eigenvalue weighted by atomic mass is 9.98. The van der Waals surface area contributed by atoms with Crippen molar-refractivity contribution >= 4 is 5.82 Å². The summed E-state index contributed by atoms with van der Waals surface area (Å²) in [6, 6.07) is 10.7. The van der Waals surface area contributed by atoms with E-state index in [0.717, 1.165) is 5.56 Å². The Morgan fingerprint density at radius 2 is 1.78 bits per heavy atom. The van der Waals surface area contributed by atoms with Gasteiger partial charge in [0.2, 0.25) is 0 Å². The first kappa shape index (κ1) is 12.5. The van der Waals surface area contributed by atoms with Crippen molar-refractivity contribution in [1.82, 2.24) is 4.98 Å². The zero-order valence-corrected chi connectivity index (χ0v) is 10.1. The number of aliphatic hydroxyl groups excluding tert-OH is 2. The van der Waals surface area contributed by atoms with Crippen LogP contribution in [0.4, 0.5) is 5.82 Å². The number of aromatic nitrogens is 1. The van der Waals surface area contributed by atoms with Gasteiger partial charge in [-0.1, -0.05) is 30.3 Å². The van der Waals surface area contributed by atoms with Crippen LogP contribution in [0.3, 0.4) is 0 Å². The lowest BCUT2D eigenvalue weighted by Gasteiger charge is -2.19. The summed E-state index contributed by atoms with van der Waals surface area (Å²) in [5, 5.41) is 20.3. The van der Waals surface area contributed by atoms with Crippen molar-refractivity contribution in [3.8, 4) is 0 Å². The fourth-order valence-corrected chi connectivity index (χ4v) is 1.84. The van der Waals surface area contributed by atoms with Crippen LogP contribution in [0.2, 0.25) is 0 Å². The highest BCUT2D eigenvalue weighted by molar-refractivity contribution is 5.43. The van der Waals surface area contributed by atoms with Gasteiger partial charge in [0.15, 0.2) is 0 Å². The minimum Gasteiger partial charge on any atom is -0.385 e. The molecule has 0 bridgehead atoms. The van der Waals surface area contributed by atoms with Crippen LogP contribution >= 0.6 is 0 Å². The highest BCUT2D eigenvalue weighted by atomic mass is 16.3. The molecule has 0 aliphatic rings. The predicted octanol–water partition coefficient (Wildman–Crippen LogP) is 1.74. The monoisotopic (exact) mass is 244 g/mol. The van der Waals surface area contributed by atoms with Crippen LogP contribution in [0.5, 0.6) is 0 Å². The molecule has 4 heteroatoms. The third kappa shape index (κ3) is 2.50. The number of anilines is 1. The minimum atomic E-state index is -1.08. The summed E-state index contributed by atoms with van der Waals surface area (Å²) in [5.41, 5.74) is 7.71. The van der Waals surface area contributed by atoms with Gasteiger partial charge in [0.05, 0.1) is 0 Å². The molecule has 2 atom stereocenters. The van der Waals surface area contributed by atoms with Gasteiger partial charge in [0.1, 0.15) is 18.0 Å². The Morgan fingerprint density at radius 1 is 1.11 bits per heavy atom. The molecule has 0 aliphatic heterocycles. The number of hydrogen-bond donors (Lipinski definition) is 3. The van der Waals surface area contributed by atoms with E-state index in [4.69, 9.17) is 5.73 Å². The highest BCUT2D eigenvalue weighted by Gasteiger charge is 2.22. The van der Waals surface area contributed by atoms with Gasteiger partial charge in [0.25, 0.3) is 0 Å². The second kappa shape index (κ2) is 5.16. The molecule has 1 aromatic heterocycles. The maximum absolute atomic E-state index is 10.2. The molecule has 4 N–H and O–H groups in total. The van der Waals surface area contributed by atoms with Crippen molar-refractivity contribution in [3.05, 3.63) is 59.3 Å². The van der Waals surface area contributed by atoms with Crippen LogP contribution in [-0.2, 0) is 0 Å². The molecule has 1 heterocycles. The smallest absolute Gasteiger partial charge is 0.129 e. The number of nitrogens with zero attached hydrogens (tertiary/aromatic N) is 1. The van der Waals surface area contributed by atoms with Gasteiger partial charge in [-0.3, -0.25) is 0 Å². The van der Waals surface area contributed by atoms with E-state index >= 15 is 0 Å². The molecule has 0 saturated carbocycles. The Morgan fingerprint density at radius 3 is 2.44 bits per heavy atom. The first-order valence-electron chi connectivity index (χ1n) is 5.72. The molecule has 4 nitrogen and oxygen atoms in total. The largest absolute Gasteiger partial charge is 0.385 e. The molecule has 2 rings (SSSR count). The number of nitrogens with two attached hydrogens (primary N) is 1. The molecule has 18 heavy (non-hydrogen) atoms. The molecule has 2 unspecified atom stereocenters. The SMILES string of the molecule is Cc1cnc(N)c(C(O)C(O)c2ccccc2)c1. The molecule has 1 aromatic carbocycles. The van der Waals surface area contributed by atoms with Crippen LogP contribution in [0.25, 0.3) is 0 Å². The zero-order chi connectivity index (χ0) is 13.1. The van der Waals surface area contributed by atoms with E-state index in [1.165, 1.54) is 0 Å². The maximum atomic E-state index is 10.2. The molecule has 0 fully saturated rings.